The highest BCUT2D eigenvalue weighted by atomic mass is 19.4. The van der Waals surface area contributed by atoms with Gasteiger partial charge in [0, 0.05) is 6.54 Å². The maximum atomic E-state index is 11.7. The van der Waals surface area contributed by atoms with Gasteiger partial charge < -0.3 is 10.1 Å². The maximum Gasteiger partial charge on any atom is 0.411 e. The zero-order valence-electron chi connectivity index (χ0n) is 10.0. The Morgan fingerprint density at radius 2 is 2.17 bits per heavy atom. The van der Waals surface area contributed by atoms with Gasteiger partial charge in [-0.2, -0.15) is 18.4 Å². The van der Waals surface area contributed by atoms with E-state index in [4.69, 9.17) is 5.26 Å². The number of nitrogens with one attached hydrogen (secondary N) is 1. The molecule has 0 aromatic rings. The summed E-state index contributed by atoms with van der Waals surface area (Å²) >= 11 is 0. The molecule has 1 saturated carbocycles. The molecule has 0 heterocycles. The van der Waals surface area contributed by atoms with Crippen LogP contribution in [0.3, 0.4) is 0 Å². The monoisotopic (exact) mass is 264 g/mol. The van der Waals surface area contributed by atoms with Gasteiger partial charge in [-0.1, -0.05) is 6.92 Å². The van der Waals surface area contributed by atoms with E-state index in [1.54, 1.807) is 0 Å². The molecule has 0 unspecified atom stereocenters. The molecule has 1 aliphatic carbocycles. The predicted molar refractivity (Wildman–Crippen MR) is 56.3 cm³/mol. The fraction of sp³-hybridized carbons (Fsp3) is 0.818. The number of carbonyl (C=O) groups excluding carboxylic acids is 1. The Balaban J connectivity index is 2.20. The minimum absolute atomic E-state index is 0.0211. The Hall–Kier alpha value is -1.29. The highest BCUT2D eigenvalue weighted by Gasteiger charge is 2.48. The summed E-state index contributed by atoms with van der Waals surface area (Å²) in [5, 5.41) is 11.4. The highest BCUT2D eigenvalue weighted by Crippen LogP contribution is 2.44. The molecule has 1 N–H and O–H groups in total. The molecule has 102 valence electrons. The van der Waals surface area contributed by atoms with Crippen molar-refractivity contribution in [3.8, 4) is 6.07 Å². The Morgan fingerprint density at radius 1 is 1.56 bits per heavy atom. The Kier molecular flexibility index (Phi) is 4.57. The van der Waals surface area contributed by atoms with Gasteiger partial charge in [-0.15, -0.1) is 0 Å². The van der Waals surface area contributed by atoms with Crippen molar-refractivity contribution in [1.82, 2.24) is 5.32 Å². The topological polar surface area (TPSA) is 62.1 Å². The van der Waals surface area contributed by atoms with Gasteiger partial charge in [0.15, 0.2) is 0 Å². The molecule has 18 heavy (non-hydrogen) atoms. The van der Waals surface area contributed by atoms with Gasteiger partial charge in [0.25, 0.3) is 0 Å². The van der Waals surface area contributed by atoms with Crippen LogP contribution in [0.25, 0.3) is 0 Å². The fourth-order valence-corrected chi connectivity index (χ4v) is 2.05. The zero-order chi connectivity index (χ0) is 13.8. The highest BCUT2D eigenvalue weighted by molar-refractivity contribution is 5.86. The first-order valence-corrected chi connectivity index (χ1v) is 5.63. The van der Waals surface area contributed by atoms with Gasteiger partial charge in [0.1, 0.15) is 12.0 Å². The van der Waals surface area contributed by atoms with E-state index in [0.717, 1.165) is 0 Å². The lowest BCUT2D eigenvalue weighted by Crippen LogP contribution is -2.48. The van der Waals surface area contributed by atoms with Crippen molar-refractivity contribution in [3.63, 3.8) is 0 Å². The second kappa shape index (κ2) is 5.57. The molecule has 0 aromatic carbocycles. The summed E-state index contributed by atoms with van der Waals surface area (Å²) in [6.07, 6.45) is -3.36. The van der Waals surface area contributed by atoms with E-state index in [1.807, 2.05) is 13.0 Å². The SMILES string of the molecule is CC1CC(C#N)(C(=O)NCCOCC(F)(F)F)C1. The summed E-state index contributed by atoms with van der Waals surface area (Å²) in [6.45, 7) is 0.369. The molecule has 1 fully saturated rings. The minimum Gasteiger partial charge on any atom is -0.370 e. The van der Waals surface area contributed by atoms with Crippen molar-refractivity contribution in [3.05, 3.63) is 0 Å². The van der Waals surface area contributed by atoms with Gasteiger partial charge in [0.05, 0.1) is 12.7 Å². The number of amides is 1. The molecule has 0 radical (unpaired) electrons. The maximum absolute atomic E-state index is 11.7. The quantitative estimate of drug-likeness (QED) is 0.767. The molecule has 0 bridgehead atoms. The molecule has 0 saturated heterocycles. The summed E-state index contributed by atoms with van der Waals surface area (Å²) in [5.41, 5.74) is -0.997. The summed E-state index contributed by atoms with van der Waals surface area (Å²) in [7, 11) is 0. The lowest BCUT2D eigenvalue weighted by atomic mass is 9.63. The molecule has 0 spiro atoms. The minimum atomic E-state index is -4.36. The smallest absolute Gasteiger partial charge is 0.370 e. The largest absolute Gasteiger partial charge is 0.411 e. The third-order valence-electron chi connectivity index (χ3n) is 2.84. The number of alkyl halides is 3. The molecule has 4 nitrogen and oxygen atoms in total. The number of nitrogens with zero attached hydrogens (tertiary/aromatic N) is 1. The van der Waals surface area contributed by atoms with E-state index in [0.29, 0.717) is 18.8 Å². The van der Waals surface area contributed by atoms with Crippen molar-refractivity contribution in [1.29, 1.82) is 5.26 Å². The summed E-state index contributed by atoms with van der Waals surface area (Å²) < 4.78 is 39.6. The van der Waals surface area contributed by atoms with Crippen LogP contribution in [0.15, 0.2) is 0 Å². The van der Waals surface area contributed by atoms with Crippen LogP contribution >= 0.6 is 0 Å². The van der Waals surface area contributed by atoms with Crippen molar-refractivity contribution in [2.45, 2.75) is 25.9 Å². The Morgan fingerprint density at radius 3 is 2.61 bits per heavy atom. The first-order chi connectivity index (χ1) is 8.29. The van der Waals surface area contributed by atoms with Crippen LogP contribution in [-0.2, 0) is 9.53 Å². The van der Waals surface area contributed by atoms with E-state index in [2.05, 4.69) is 10.1 Å². The molecule has 1 rings (SSSR count). The van der Waals surface area contributed by atoms with Crippen molar-refractivity contribution in [2.75, 3.05) is 19.8 Å². The van der Waals surface area contributed by atoms with Crippen LogP contribution in [0.1, 0.15) is 19.8 Å². The number of carbonyl (C=O) groups is 1. The summed E-state index contributed by atoms with van der Waals surface area (Å²) in [5.74, 6) is -0.0874. The number of rotatable bonds is 5. The number of hydrogen-bond donors (Lipinski definition) is 1. The Labute approximate surface area is 103 Å². The predicted octanol–water partition coefficient (Wildman–Crippen LogP) is 1.62. The van der Waals surface area contributed by atoms with Crippen LogP contribution in [0.2, 0.25) is 0 Å². The fourth-order valence-electron chi connectivity index (χ4n) is 2.05. The van der Waals surface area contributed by atoms with Gasteiger partial charge in [-0.05, 0) is 18.8 Å². The third kappa shape index (κ3) is 3.88. The molecule has 1 amide bonds. The lowest BCUT2D eigenvalue weighted by Gasteiger charge is -2.39. The van der Waals surface area contributed by atoms with Crippen LogP contribution in [0, 0.1) is 22.7 Å². The van der Waals surface area contributed by atoms with E-state index in [-0.39, 0.29) is 13.2 Å². The lowest BCUT2D eigenvalue weighted by molar-refractivity contribution is -0.173. The van der Waals surface area contributed by atoms with Crippen LogP contribution in [0.5, 0.6) is 0 Å². The first kappa shape index (κ1) is 14.8. The summed E-state index contributed by atoms with van der Waals surface area (Å²) in [4.78, 5) is 11.7. The second-order valence-electron chi connectivity index (χ2n) is 4.63. The van der Waals surface area contributed by atoms with Crippen LogP contribution in [0.4, 0.5) is 13.2 Å². The van der Waals surface area contributed by atoms with Gasteiger partial charge in [-0.3, -0.25) is 4.79 Å². The van der Waals surface area contributed by atoms with Crippen LogP contribution in [-0.4, -0.2) is 31.8 Å². The molecule has 7 heteroatoms. The van der Waals surface area contributed by atoms with Gasteiger partial charge >= 0.3 is 6.18 Å². The standard InChI is InChI=1S/C11H15F3N2O2/c1-8-4-10(5-8,6-15)9(17)16-2-3-18-7-11(12,13)14/h8H,2-5,7H2,1H3,(H,16,17). The molecule has 0 aliphatic heterocycles. The van der Waals surface area contributed by atoms with E-state index in [9.17, 15) is 18.0 Å². The number of halogens is 3. The number of ether oxygens (including phenoxy) is 1. The van der Waals surface area contributed by atoms with Crippen molar-refractivity contribution < 1.29 is 22.7 Å². The average molecular weight is 264 g/mol. The van der Waals surface area contributed by atoms with Crippen molar-refractivity contribution in [2.24, 2.45) is 11.3 Å². The Bertz CT molecular complexity index is 343. The average Bonchev–Trinajstić information content (AvgIpc) is 2.22. The molecular weight excluding hydrogens is 249 g/mol. The van der Waals surface area contributed by atoms with E-state index >= 15 is 0 Å². The molecular formula is C11H15F3N2O2. The summed E-state index contributed by atoms with van der Waals surface area (Å²) in [6, 6.07) is 1.98. The molecule has 0 atom stereocenters. The number of hydrogen-bond acceptors (Lipinski definition) is 3. The zero-order valence-corrected chi connectivity index (χ0v) is 10.0. The van der Waals surface area contributed by atoms with Gasteiger partial charge in [0.2, 0.25) is 5.91 Å². The number of nitriles is 1. The normalized spacial score (nSPS) is 27.2. The van der Waals surface area contributed by atoms with Crippen LogP contribution < -0.4 is 5.32 Å². The first-order valence-electron chi connectivity index (χ1n) is 5.63. The molecule has 0 aromatic heterocycles. The van der Waals surface area contributed by atoms with Gasteiger partial charge in [-0.25, -0.2) is 0 Å². The van der Waals surface area contributed by atoms with E-state index < -0.39 is 24.1 Å². The van der Waals surface area contributed by atoms with Crippen molar-refractivity contribution >= 4 is 5.91 Å². The van der Waals surface area contributed by atoms with E-state index in [1.165, 1.54) is 0 Å². The molecule has 1 aliphatic rings. The second-order valence-corrected chi connectivity index (χ2v) is 4.63. The third-order valence-corrected chi connectivity index (χ3v) is 2.84.